The molecular weight excluding hydrogens is 400 g/mol. The lowest BCUT2D eigenvalue weighted by Gasteiger charge is -2.17. The molecule has 32 heavy (non-hydrogen) atoms. The second-order valence-corrected chi connectivity index (χ2v) is 7.47. The first-order chi connectivity index (χ1) is 15.6. The topological polar surface area (TPSA) is 67.4 Å². The first kappa shape index (κ1) is 21.1. The Labute approximate surface area is 187 Å². The normalized spacial score (nSPS) is 11.5. The van der Waals surface area contributed by atoms with E-state index in [9.17, 15) is 9.59 Å². The molecule has 0 bridgehead atoms. The maximum Gasteiger partial charge on any atom is 0.265 e. The van der Waals surface area contributed by atoms with Gasteiger partial charge in [0.25, 0.3) is 11.8 Å². The molecule has 0 aliphatic carbocycles. The van der Waals surface area contributed by atoms with Crippen LogP contribution in [0.15, 0.2) is 97.1 Å². The van der Waals surface area contributed by atoms with Crippen LogP contribution >= 0.6 is 0 Å². The lowest BCUT2D eigenvalue weighted by atomic mass is 10.1. The molecule has 160 valence electrons. The molecule has 0 spiro atoms. The molecule has 2 amide bonds. The van der Waals surface area contributed by atoms with Crippen LogP contribution in [0.25, 0.3) is 10.8 Å². The lowest BCUT2D eigenvalue weighted by molar-refractivity contribution is -0.122. The van der Waals surface area contributed by atoms with Gasteiger partial charge in [-0.2, -0.15) is 0 Å². The van der Waals surface area contributed by atoms with Gasteiger partial charge < -0.3 is 15.4 Å². The molecule has 4 aromatic carbocycles. The van der Waals surface area contributed by atoms with E-state index < -0.39 is 6.10 Å². The van der Waals surface area contributed by atoms with Crippen LogP contribution in [-0.4, -0.2) is 17.9 Å². The molecule has 1 atom stereocenters. The highest BCUT2D eigenvalue weighted by molar-refractivity contribution is 6.04. The molecule has 4 aromatic rings. The van der Waals surface area contributed by atoms with Crippen LogP contribution in [0.3, 0.4) is 0 Å². The van der Waals surface area contributed by atoms with Gasteiger partial charge in [0.15, 0.2) is 6.10 Å². The Bertz CT molecular complexity index is 1240. The van der Waals surface area contributed by atoms with Crippen LogP contribution in [0.5, 0.6) is 5.75 Å². The predicted molar refractivity (Wildman–Crippen MR) is 127 cm³/mol. The predicted octanol–water partition coefficient (Wildman–Crippen LogP) is 5.18. The summed E-state index contributed by atoms with van der Waals surface area (Å²) in [6.07, 6.45) is -0.739. The van der Waals surface area contributed by atoms with Gasteiger partial charge in [-0.15, -0.1) is 0 Å². The number of amides is 2. The number of carbonyl (C=O) groups is 2. The van der Waals surface area contributed by atoms with Gasteiger partial charge in [0, 0.05) is 6.54 Å². The van der Waals surface area contributed by atoms with Crippen molar-refractivity contribution in [3.63, 3.8) is 0 Å². The number of hydrogen-bond acceptors (Lipinski definition) is 3. The zero-order valence-electron chi connectivity index (χ0n) is 17.7. The number of para-hydroxylation sites is 1. The van der Waals surface area contributed by atoms with Crippen molar-refractivity contribution in [3.8, 4) is 5.75 Å². The molecule has 0 fully saturated rings. The van der Waals surface area contributed by atoms with Crippen molar-refractivity contribution in [2.24, 2.45) is 0 Å². The van der Waals surface area contributed by atoms with Crippen molar-refractivity contribution in [2.75, 3.05) is 5.32 Å². The lowest BCUT2D eigenvalue weighted by Crippen LogP contribution is -2.31. The molecular formula is C27H24N2O3. The Morgan fingerprint density at radius 3 is 2.31 bits per heavy atom. The summed E-state index contributed by atoms with van der Waals surface area (Å²) < 4.78 is 5.85. The zero-order valence-corrected chi connectivity index (χ0v) is 17.7. The second-order valence-electron chi connectivity index (χ2n) is 7.47. The molecule has 5 heteroatoms. The molecule has 4 rings (SSSR count). The van der Waals surface area contributed by atoms with Gasteiger partial charge in [-0.05, 0) is 47.5 Å². The fourth-order valence-electron chi connectivity index (χ4n) is 3.40. The number of fused-ring (bicyclic) bond motifs is 1. The van der Waals surface area contributed by atoms with E-state index in [1.165, 1.54) is 0 Å². The Kier molecular flexibility index (Phi) is 6.46. The number of carbonyl (C=O) groups excluding carboxylic acids is 2. The van der Waals surface area contributed by atoms with Gasteiger partial charge in [-0.3, -0.25) is 9.59 Å². The van der Waals surface area contributed by atoms with Gasteiger partial charge in [0.2, 0.25) is 0 Å². The van der Waals surface area contributed by atoms with E-state index >= 15 is 0 Å². The van der Waals surface area contributed by atoms with Crippen molar-refractivity contribution in [3.05, 3.63) is 108 Å². The summed E-state index contributed by atoms with van der Waals surface area (Å²) in [5, 5.41) is 7.86. The summed E-state index contributed by atoms with van der Waals surface area (Å²) in [6, 6.07) is 30.3. The van der Waals surface area contributed by atoms with E-state index in [1.807, 2.05) is 72.8 Å². The van der Waals surface area contributed by atoms with E-state index in [-0.39, 0.29) is 11.8 Å². The zero-order chi connectivity index (χ0) is 22.3. The van der Waals surface area contributed by atoms with Crippen molar-refractivity contribution >= 4 is 28.3 Å². The van der Waals surface area contributed by atoms with Crippen LogP contribution in [0.2, 0.25) is 0 Å². The first-order valence-corrected chi connectivity index (χ1v) is 10.5. The highest BCUT2D eigenvalue weighted by atomic mass is 16.5. The SMILES string of the molecule is C[C@H](Oc1ccc2ccccc2c1)C(=O)Nc1ccccc1C(=O)NCc1ccccc1. The molecule has 0 heterocycles. The Balaban J connectivity index is 1.41. The molecule has 0 saturated carbocycles. The molecule has 2 N–H and O–H groups in total. The van der Waals surface area contributed by atoms with E-state index in [0.29, 0.717) is 23.5 Å². The van der Waals surface area contributed by atoms with Crippen LogP contribution in [0.1, 0.15) is 22.8 Å². The van der Waals surface area contributed by atoms with Crippen LogP contribution < -0.4 is 15.4 Å². The third-order valence-electron chi connectivity index (χ3n) is 5.13. The minimum Gasteiger partial charge on any atom is -0.481 e. The number of nitrogens with one attached hydrogen (secondary N) is 2. The maximum atomic E-state index is 12.8. The number of rotatable bonds is 7. The molecule has 0 aliphatic rings. The third kappa shape index (κ3) is 5.13. The minimum absolute atomic E-state index is 0.257. The quantitative estimate of drug-likeness (QED) is 0.430. The highest BCUT2D eigenvalue weighted by Gasteiger charge is 2.18. The Morgan fingerprint density at radius 1 is 0.812 bits per heavy atom. The van der Waals surface area contributed by atoms with Crippen LogP contribution in [0.4, 0.5) is 5.69 Å². The van der Waals surface area contributed by atoms with Gasteiger partial charge in [-0.1, -0.05) is 72.8 Å². The molecule has 0 saturated heterocycles. The van der Waals surface area contributed by atoms with Gasteiger partial charge in [0.05, 0.1) is 11.3 Å². The molecule has 0 radical (unpaired) electrons. The Hall–Kier alpha value is -4.12. The molecule has 0 aliphatic heterocycles. The number of hydrogen-bond donors (Lipinski definition) is 2. The fraction of sp³-hybridized carbons (Fsp3) is 0.111. The summed E-state index contributed by atoms with van der Waals surface area (Å²) in [5.74, 6) is 0.0227. The molecule has 0 unspecified atom stereocenters. The smallest absolute Gasteiger partial charge is 0.265 e. The standard InChI is InChI=1S/C27H24N2O3/c1-19(32-23-16-15-21-11-5-6-12-22(21)17-23)26(30)29-25-14-8-7-13-24(25)27(31)28-18-20-9-3-2-4-10-20/h2-17,19H,18H2,1H3,(H,28,31)(H,29,30)/t19-/m0/s1. The van der Waals surface area contributed by atoms with Gasteiger partial charge in [0.1, 0.15) is 5.75 Å². The van der Waals surface area contributed by atoms with Gasteiger partial charge in [-0.25, -0.2) is 0 Å². The monoisotopic (exact) mass is 424 g/mol. The summed E-state index contributed by atoms with van der Waals surface area (Å²) in [5.41, 5.74) is 1.84. The van der Waals surface area contributed by atoms with E-state index in [4.69, 9.17) is 4.74 Å². The van der Waals surface area contributed by atoms with E-state index in [0.717, 1.165) is 16.3 Å². The van der Waals surface area contributed by atoms with Crippen molar-refractivity contribution < 1.29 is 14.3 Å². The maximum absolute atomic E-state index is 12.8. The number of ether oxygens (including phenoxy) is 1. The van der Waals surface area contributed by atoms with Gasteiger partial charge >= 0.3 is 0 Å². The molecule has 0 aromatic heterocycles. The summed E-state index contributed by atoms with van der Waals surface area (Å²) >= 11 is 0. The van der Waals surface area contributed by atoms with E-state index in [2.05, 4.69) is 10.6 Å². The van der Waals surface area contributed by atoms with E-state index in [1.54, 1.807) is 31.2 Å². The van der Waals surface area contributed by atoms with Crippen molar-refractivity contribution in [2.45, 2.75) is 19.6 Å². The number of anilines is 1. The summed E-state index contributed by atoms with van der Waals surface area (Å²) in [6.45, 7) is 2.09. The first-order valence-electron chi connectivity index (χ1n) is 10.5. The van der Waals surface area contributed by atoms with Crippen molar-refractivity contribution in [1.29, 1.82) is 0 Å². The largest absolute Gasteiger partial charge is 0.481 e. The number of benzene rings is 4. The summed E-state index contributed by atoms with van der Waals surface area (Å²) in [7, 11) is 0. The minimum atomic E-state index is -0.739. The summed E-state index contributed by atoms with van der Waals surface area (Å²) in [4.78, 5) is 25.5. The van der Waals surface area contributed by atoms with Crippen LogP contribution in [-0.2, 0) is 11.3 Å². The Morgan fingerprint density at radius 2 is 1.50 bits per heavy atom. The van der Waals surface area contributed by atoms with Crippen molar-refractivity contribution in [1.82, 2.24) is 5.32 Å². The molecule has 5 nitrogen and oxygen atoms in total. The highest BCUT2D eigenvalue weighted by Crippen LogP contribution is 2.22. The second kappa shape index (κ2) is 9.79. The fourth-order valence-corrected chi connectivity index (χ4v) is 3.40. The average Bonchev–Trinajstić information content (AvgIpc) is 2.83. The third-order valence-corrected chi connectivity index (χ3v) is 5.13. The average molecular weight is 425 g/mol. The van der Waals surface area contributed by atoms with Crippen LogP contribution in [0, 0.1) is 0 Å².